The summed E-state index contributed by atoms with van der Waals surface area (Å²) in [5, 5.41) is 6.06. The molecule has 1 aliphatic rings. The Hall–Kier alpha value is -1.12. The van der Waals surface area contributed by atoms with Crippen LogP contribution in [-0.2, 0) is 6.42 Å². The lowest BCUT2D eigenvalue weighted by Crippen LogP contribution is -2.33. The van der Waals surface area contributed by atoms with E-state index in [1.165, 1.54) is 28.8 Å². The third-order valence-corrected chi connectivity index (χ3v) is 5.15. The molecule has 1 aromatic carbocycles. The van der Waals surface area contributed by atoms with Crippen LogP contribution in [0.5, 0.6) is 0 Å². The molecule has 2 heteroatoms. The number of aryl methyl sites for hydroxylation is 1. The first kappa shape index (κ1) is 13.8. The Labute approximate surface area is 126 Å². The van der Waals surface area contributed by atoms with E-state index in [4.69, 9.17) is 0 Å². The average Bonchev–Trinajstić information content (AvgIpc) is 3.13. The van der Waals surface area contributed by atoms with Crippen molar-refractivity contribution < 1.29 is 0 Å². The van der Waals surface area contributed by atoms with E-state index in [-0.39, 0.29) is 0 Å². The molecule has 2 unspecified atom stereocenters. The minimum absolute atomic E-state index is 0.517. The van der Waals surface area contributed by atoms with Crippen LogP contribution in [0.4, 0.5) is 0 Å². The molecule has 0 amide bonds. The highest BCUT2D eigenvalue weighted by molar-refractivity contribution is 7.10. The number of hydrogen-bond donors (Lipinski definition) is 1. The van der Waals surface area contributed by atoms with Crippen LogP contribution in [0.15, 0.2) is 41.8 Å². The van der Waals surface area contributed by atoms with E-state index in [1.807, 2.05) is 11.3 Å². The molecule has 0 spiro atoms. The highest BCUT2D eigenvalue weighted by Gasteiger charge is 2.33. The summed E-state index contributed by atoms with van der Waals surface area (Å²) in [5.41, 5.74) is 2.87. The molecular weight excluding hydrogens is 262 g/mol. The molecule has 1 N–H and O–H groups in total. The lowest BCUT2D eigenvalue weighted by molar-refractivity contribution is 0.422. The van der Waals surface area contributed by atoms with Gasteiger partial charge in [-0.15, -0.1) is 11.3 Å². The third-order valence-electron chi connectivity index (χ3n) is 4.19. The average molecular weight is 285 g/mol. The second-order valence-electron chi connectivity index (χ2n) is 6.03. The Bertz CT molecular complexity index is 542. The molecule has 20 heavy (non-hydrogen) atoms. The number of thiophene rings is 1. The van der Waals surface area contributed by atoms with Gasteiger partial charge in [0.05, 0.1) is 0 Å². The maximum atomic E-state index is 3.87. The second-order valence-corrected chi connectivity index (χ2v) is 7.01. The molecule has 0 bridgehead atoms. The van der Waals surface area contributed by atoms with Crippen LogP contribution in [0.1, 0.15) is 41.8 Å². The van der Waals surface area contributed by atoms with E-state index in [0.717, 1.165) is 12.3 Å². The van der Waals surface area contributed by atoms with Crippen LogP contribution in [0.2, 0.25) is 0 Å². The molecule has 0 radical (unpaired) electrons. The van der Waals surface area contributed by atoms with Gasteiger partial charge in [0.1, 0.15) is 0 Å². The quantitative estimate of drug-likeness (QED) is 0.809. The monoisotopic (exact) mass is 285 g/mol. The third kappa shape index (κ3) is 3.31. The highest BCUT2D eigenvalue weighted by atomic mass is 32.1. The Morgan fingerprint density at radius 2 is 2.00 bits per heavy atom. The first-order valence-electron chi connectivity index (χ1n) is 7.58. The summed E-state index contributed by atoms with van der Waals surface area (Å²) in [6.07, 6.45) is 3.88. The van der Waals surface area contributed by atoms with Crippen LogP contribution in [0.25, 0.3) is 0 Å². The first-order chi connectivity index (χ1) is 9.74. The minimum Gasteiger partial charge on any atom is -0.306 e. The second kappa shape index (κ2) is 6.11. The predicted octanol–water partition coefficient (Wildman–Crippen LogP) is 4.73. The van der Waals surface area contributed by atoms with Gasteiger partial charge in [-0.05, 0) is 61.6 Å². The van der Waals surface area contributed by atoms with Crippen molar-refractivity contribution in [2.45, 2.75) is 45.2 Å². The fourth-order valence-corrected chi connectivity index (χ4v) is 3.76. The molecule has 1 fully saturated rings. The Kier molecular flexibility index (Phi) is 4.23. The lowest BCUT2D eigenvalue weighted by atomic mass is 10.0. The minimum atomic E-state index is 0.517. The van der Waals surface area contributed by atoms with E-state index in [9.17, 15) is 0 Å². The Morgan fingerprint density at radius 1 is 1.20 bits per heavy atom. The number of rotatable bonds is 6. The van der Waals surface area contributed by atoms with Gasteiger partial charge in [0.15, 0.2) is 0 Å². The van der Waals surface area contributed by atoms with Crippen LogP contribution in [0, 0.1) is 12.8 Å². The molecular formula is C18H23NS. The van der Waals surface area contributed by atoms with Gasteiger partial charge in [-0.1, -0.05) is 30.3 Å². The maximum absolute atomic E-state index is 3.87. The molecule has 0 saturated heterocycles. The van der Waals surface area contributed by atoms with Gasteiger partial charge < -0.3 is 5.32 Å². The van der Waals surface area contributed by atoms with Gasteiger partial charge in [0.2, 0.25) is 0 Å². The number of benzene rings is 1. The lowest BCUT2D eigenvalue weighted by Gasteiger charge is -2.23. The Morgan fingerprint density at radius 3 is 2.65 bits per heavy atom. The molecule has 1 saturated carbocycles. The first-order valence-corrected chi connectivity index (χ1v) is 8.46. The zero-order valence-corrected chi connectivity index (χ0v) is 13.1. The van der Waals surface area contributed by atoms with Gasteiger partial charge in [-0.3, -0.25) is 0 Å². The molecule has 2 atom stereocenters. The van der Waals surface area contributed by atoms with E-state index in [2.05, 4.69) is 60.9 Å². The van der Waals surface area contributed by atoms with Crippen molar-refractivity contribution in [2.24, 2.45) is 5.92 Å². The van der Waals surface area contributed by atoms with Crippen molar-refractivity contribution in [3.63, 3.8) is 0 Å². The SMILES string of the molecule is Cc1ccccc1CC(C)NC(c1cccs1)C1CC1. The Balaban J connectivity index is 1.65. The van der Waals surface area contributed by atoms with Crippen LogP contribution in [-0.4, -0.2) is 6.04 Å². The standard InChI is InChI=1S/C18H23NS/c1-13-6-3-4-7-16(13)12-14(2)19-18(15-9-10-15)17-8-5-11-20-17/h3-8,11,14-15,18-19H,9-10,12H2,1-2H3. The van der Waals surface area contributed by atoms with Crippen LogP contribution < -0.4 is 5.32 Å². The molecule has 0 aliphatic heterocycles. The molecule has 3 rings (SSSR count). The normalized spacial score (nSPS) is 17.9. The van der Waals surface area contributed by atoms with Gasteiger partial charge >= 0.3 is 0 Å². The smallest absolute Gasteiger partial charge is 0.0445 e. The molecule has 1 nitrogen and oxygen atoms in total. The topological polar surface area (TPSA) is 12.0 Å². The molecule has 1 aliphatic carbocycles. The molecule has 2 aromatic rings. The summed E-state index contributed by atoms with van der Waals surface area (Å²) < 4.78 is 0. The van der Waals surface area contributed by atoms with Crippen molar-refractivity contribution in [1.29, 1.82) is 0 Å². The zero-order valence-electron chi connectivity index (χ0n) is 12.3. The summed E-state index contributed by atoms with van der Waals surface area (Å²) in [4.78, 5) is 1.50. The van der Waals surface area contributed by atoms with Crippen molar-refractivity contribution in [1.82, 2.24) is 5.32 Å². The summed E-state index contributed by atoms with van der Waals surface area (Å²) in [5.74, 6) is 0.855. The zero-order chi connectivity index (χ0) is 13.9. The summed E-state index contributed by atoms with van der Waals surface area (Å²) in [6.45, 7) is 4.52. The predicted molar refractivity (Wildman–Crippen MR) is 87.3 cm³/mol. The van der Waals surface area contributed by atoms with Crippen molar-refractivity contribution in [3.8, 4) is 0 Å². The van der Waals surface area contributed by atoms with Crippen molar-refractivity contribution in [3.05, 3.63) is 57.8 Å². The van der Waals surface area contributed by atoms with Crippen molar-refractivity contribution in [2.75, 3.05) is 0 Å². The fourth-order valence-electron chi connectivity index (χ4n) is 2.88. The number of nitrogens with one attached hydrogen (secondary N) is 1. The van der Waals surface area contributed by atoms with E-state index >= 15 is 0 Å². The van der Waals surface area contributed by atoms with Crippen molar-refractivity contribution >= 4 is 11.3 Å². The largest absolute Gasteiger partial charge is 0.306 e. The number of hydrogen-bond acceptors (Lipinski definition) is 2. The van der Waals surface area contributed by atoms with E-state index < -0.39 is 0 Å². The van der Waals surface area contributed by atoms with E-state index in [0.29, 0.717) is 12.1 Å². The van der Waals surface area contributed by atoms with E-state index in [1.54, 1.807) is 0 Å². The fraction of sp³-hybridized carbons (Fsp3) is 0.444. The van der Waals surface area contributed by atoms with Crippen LogP contribution in [0.3, 0.4) is 0 Å². The van der Waals surface area contributed by atoms with Gasteiger partial charge in [0.25, 0.3) is 0 Å². The van der Waals surface area contributed by atoms with Gasteiger partial charge in [-0.25, -0.2) is 0 Å². The summed E-state index contributed by atoms with van der Waals surface area (Å²) >= 11 is 1.89. The van der Waals surface area contributed by atoms with Gasteiger partial charge in [-0.2, -0.15) is 0 Å². The molecule has 106 valence electrons. The van der Waals surface area contributed by atoms with Crippen LogP contribution >= 0.6 is 11.3 Å². The summed E-state index contributed by atoms with van der Waals surface area (Å²) in [6, 6.07) is 14.3. The van der Waals surface area contributed by atoms with Gasteiger partial charge in [0, 0.05) is 17.0 Å². The molecule has 1 heterocycles. The highest BCUT2D eigenvalue weighted by Crippen LogP contribution is 2.42. The molecule has 1 aromatic heterocycles. The summed E-state index contributed by atoms with van der Waals surface area (Å²) in [7, 11) is 0. The maximum Gasteiger partial charge on any atom is 0.0445 e.